The van der Waals surface area contributed by atoms with Crippen molar-refractivity contribution in [3.05, 3.63) is 29.0 Å². The molecular formula is C15H19N2O2Re-. The molecule has 0 fully saturated rings. The number of anilines is 1. The fourth-order valence-electron chi connectivity index (χ4n) is 3.09. The first-order valence-electron chi connectivity index (χ1n) is 6.86. The third-order valence-corrected chi connectivity index (χ3v) is 4.15. The molecule has 0 saturated heterocycles. The van der Waals surface area contributed by atoms with E-state index in [1.807, 2.05) is 13.8 Å². The van der Waals surface area contributed by atoms with Gasteiger partial charge in [0, 0.05) is 50.4 Å². The number of aryl methyl sites for hydroxylation is 1. The molecule has 1 aromatic heterocycles. The average Bonchev–Trinajstić information content (AvgIpc) is 2.87. The molecule has 0 aromatic carbocycles. The van der Waals surface area contributed by atoms with Crippen molar-refractivity contribution in [1.82, 2.24) is 4.98 Å². The fourth-order valence-corrected chi connectivity index (χ4v) is 3.09. The summed E-state index contributed by atoms with van der Waals surface area (Å²) < 4.78 is 5.38. The summed E-state index contributed by atoms with van der Waals surface area (Å²) in [7, 11) is 0. The number of aromatic nitrogens is 1. The molecule has 1 radical (unpaired) electrons. The van der Waals surface area contributed by atoms with Crippen LogP contribution in [0.4, 0.5) is 5.82 Å². The van der Waals surface area contributed by atoms with E-state index >= 15 is 0 Å². The summed E-state index contributed by atoms with van der Waals surface area (Å²) in [5, 5.41) is 0. The summed E-state index contributed by atoms with van der Waals surface area (Å²) in [6.07, 6.45) is 2.52. The first-order valence-corrected chi connectivity index (χ1v) is 6.86. The van der Waals surface area contributed by atoms with Gasteiger partial charge in [-0.2, -0.15) is 0 Å². The Bertz CT molecular complexity index is 543. The Balaban J connectivity index is 0.00000147. The Kier molecular flexibility index (Phi) is 4.53. The van der Waals surface area contributed by atoms with Crippen LogP contribution >= 0.6 is 0 Å². The summed E-state index contributed by atoms with van der Waals surface area (Å²) in [6, 6.07) is 0. The Morgan fingerprint density at radius 1 is 1.45 bits per heavy atom. The Hall–Kier alpha value is -0.888. The van der Waals surface area contributed by atoms with Crippen molar-refractivity contribution in [2.45, 2.75) is 39.7 Å². The van der Waals surface area contributed by atoms with Crippen LogP contribution in [0.1, 0.15) is 42.7 Å². The first kappa shape index (κ1) is 15.5. The van der Waals surface area contributed by atoms with Crippen molar-refractivity contribution >= 4 is 11.6 Å². The predicted molar refractivity (Wildman–Crippen MR) is 72.2 cm³/mol. The molecule has 1 unspecified atom stereocenters. The second-order valence-corrected chi connectivity index (χ2v) is 5.74. The summed E-state index contributed by atoms with van der Waals surface area (Å²) >= 11 is 0. The zero-order chi connectivity index (χ0) is 13.6. The van der Waals surface area contributed by atoms with Gasteiger partial charge in [-0.05, 0) is 19.3 Å². The van der Waals surface area contributed by atoms with Gasteiger partial charge in [0.1, 0.15) is 5.78 Å². The predicted octanol–water partition coefficient (Wildman–Crippen LogP) is 2.03. The average molecular weight is 446 g/mol. The molecule has 3 rings (SSSR count). The topological polar surface area (TPSA) is 65.2 Å². The van der Waals surface area contributed by atoms with Gasteiger partial charge in [0.05, 0.1) is 0 Å². The molecule has 5 heteroatoms. The minimum atomic E-state index is 0. The largest absolute Gasteiger partial charge is 0.434 e. The molecule has 1 aromatic rings. The maximum atomic E-state index is 12.2. The zero-order valence-corrected chi connectivity index (χ0v) is 14.5. The number of rotatable bonds is 2. The second-order valence-electron chi connectivity index (χ2n) is 5.74. The third-order valence-electron chi connectivity index (χ3n) is 4.15. The maximum Gasteiger partial charge on any atom is 0.138 e. The van der Waals surface area contributed by atoms with E-state index in [2.05, 4.69) is 4.98 Å². The molecule has 1 aliphatic heterocycles. The molecular weight excluding hydrogens is 426 g/mol. The third kappa shape index (κ3) is 2.51. The Morgan fingerprint density at radius 2 is 2.20 bits per heavy atom. The summed E-state index contributed by atoms with van der Waals surface area (Å²) in [6.45, 7) is 6.19. The number of ketones is 1. The Morgan fingerprint density at radius 3 is 2.90 bits per heavy atom. The molecule has 0 spiro atoms. The molecule has 0 saturated carbocycles. The second kappa shape index (κ2) is 5.85. The monoisotopic (exact) mass is 446 g/mol. The van der Waals surface area contributed by atoms with Gasteiger partial charge in [-0.1, -0.05) is 26.0 Å². The van der Waals surface area contributed by atoms with Crippen LogP contribution in [0.15, 0.2) is 0 Å². The number of carbonyl (C=O) groups is 1. The number of hydrogen-bond acceptors (Lipinski definition) is 4. The minimum absolute atomic E-state index is 0. The quantitative estimate of drug-likeness (QED) is 0.708. The van der Waals surface area contributed by atoms with Gasteiger partial charge < -0.3 is 15.5 Å². The van der Waals surface area contributed by atoms with Crippen LogP contribution in [0.25, 0.3) is 0 Å². The number of carbonyl (C=O) groups excluding carboxylic acids is 1. The van der Waals surface area contributed by atoms with Crippen LogP contribution in [0.5, 0.6) is 0 Å². The minimum Gasteiger partial charge on any atom is -0.434 e. The van der Waals surface area contributed by atoms with Gasteiger partial charge in [0.25, 0.3) is 0 Å². The van der Waals surface area contributed by atoms with Gasteiger partial charge in [0.2, 0.25) is 0 Å². The molecule has 2 heterocycles. The van der Waals surface area contributed by atoms with Gasteiger partial charge in [-0.3, -0.25) is 4.79 Å². The molecule has 2 aliphatic rings. The molecule has 4 nitrogen and oxygen atoms in total. The number of Topliss-reactive ketones (excluding diaryl/α,β-unsaturated/α-hetero) is 1. The zero-order valence-electron chi connectivity index (χ0n) is 11.8. The van der Waals surface area contributed by atoms with Crippen molar-refractivity contribution in [1.29, 1.82) is 0 Å². The first-order chi connectivity index (χ1) is 9.08. The van der Waals surface area contributed by atoms with Gasteiger partial charge in [-0.15, -0.1) is 11.1 Å². The number of hydrogen-bond donors (Lipinski definition) is 1. The molecule has 2 N–H and O–H groups in total. The number of ether oxygens (including phenoxy) is 1. The van der Waals surface area contributed by atoms with E-state index in [0.29, 0.717) is 18.2 Å². The van der Waals surface area contributed by atoms with Crippen molar-refractivity contribution in [3.63, 3.8) is 0 Å². The van der Waals surface area contributed by atoms with Crippen LogP contribution in [0.3, 0.4) is 0 Å². The number of nitrogen functional groups attached to an aromatic ring is 1. The molecule has 20 heavy (non-hydrogen) atoms. The van der Waals surface area contributed by atoms with Crippen molar-refractivity contribution in [2.24, 2.45) is 11.8 Å². The molecule has 0 bridgehead atoms. The number of fused-ring (bicyclic) bond motifs is 3. The van der Waals surface area contributed by atoms with Gasteiger partial charge >= 0.3 is 0 Å². The number of pyridine rings is 1. The van der Waals surface area contributed by atoms with Crippen molar-refractivity contribution in [2.75, 3.05) is 5.73 Å². The van der Waals surface area contributed by atoms with E-state index in [4.69, 9.17) is 10.5 Å². The van der Waals surface area contributed by atoms with E-state index in [1.54, 1.807) is 6.61 Å². The summed E-state index contributed by atoms with van der Waals surface area (Å²) in [5.41, 5.74) is 10.3. The van der Waals surface area contributed by atoms with Gasteiger partial charge in [0.15, 0.2) is 0 Å². The summed E-state index contributed by atoms with van der Waals surface area (Å²) in [5.74, 6) is 1.14. The SMILES string of the molecule is CC(C)C(=O)C1CCc2nc(N)c3c(c2C1)CO[CH-]3.[Re]. The Labute approximate surface area is 133 Å². The van der Waals surface area contributed by atoms with Crippen LogP contribution in [0, 0.1) is 18.4 Å². The number of nitrogens with two attached hydrogens (primary N) is 1. The van der Waals surface area contributed by atoms with Crippen LogP contribution in [-0.2, 0) is 49.4 Å². The van der Waals surface area contributed by atoms with E-state index in [9.17, 15) is 4.79 Å². The number of nitrogens with zero attached hydrogens (tertiary/aromatic N) is 1. The molecule has 1 aliphatic carbocycles. The van der Waals surface area contributed by atoms with Gasteiger partial charge in [-0.25, -0.2) is 0 Å². The molecule has 109 valence electrons. The van der Waals surface area contributed by atoms with E-state index < -0.39 is 0 Å². The maximum absolute atomic E-state index is 12.2. The summed E-state index contributed by atoms with van der Waals surface area (Å²) in [4.78, 5) is 16.7. The van der Waals surface area contributed by atoms with Crippen LogP contribution < -0.4 is 5.73 Å². The van der Waals surface area contributed by atoms with E-state index in [1.165, 1.54) is 5.56 Å². The van der Waals surface area contributed by atoms with Crippen LogP contribution in [-0.4, -0.2) is 10.8 Å². The van der Waals surface area contributed by atoms with E-state index in [0.717, 1.165) is 36.1 Å². The molecule has 1 atom stereocenters. The van der Waals surface area contributed by atoms with E-state index in [-0.39, 0.29) is 32.3 Å². The van der Waals surface area contributed by atoms with Crippen molar-refractivity contribution < 1.29 is 30.0 Å². The normalized spacial score (nSPS) is 19.9. The van der Waals surface area contributed by atoms with Crippen molar-refractivity contribution in [3.8, 4) is 0 Å². The fraction of sp³-hybridized carbons (Fsp3) is 0.533. The standard InChI is InChI=1S/C15H19N2O2.Re/c1-8(2)14(18)9-3-4-13-10(5-9)11-6-19-7-12(11)15(16)17-13;/h7-9H,3-6H2,1-2H3,(H2,16,17);/q-1;. The van der Waals surface area contributed by atoms with Crippen LogP contribution in [0.2, 0.25) is 0 Å². The smallest absolute Gasteiger partial charge is 0.138 e. The molecule has 0 amide bonds.